The van der Waals surface area contributed by atoms with Gasteiger partial charge in [0.2, 0.25) is 5.91 Å². The quantitative estimate of drug-likeness (QED) is 0.236. The van der Waals surface area contributed by atoms with Crippen LogP contribution in [0.4, 0.5) is 25.0 Å². The molecule has 44 heavy (non-hydrogen) atoms. The van der Waals surface area contributed by atoms with Gasteiger partial charge in [-0.15, -0.1) is 0 Å². The number of halogens is 3. The second-order valence-corrected chi connectivity index (χ2v) is 10.8. The highest BCUT2D eigenvalue weighted by Gasteiger charge is 2.26. The number of carbonyl (C=O) groups is 3. The molecule has 2 aromatic carbocycles. The van der Waals surface area contributed by atoms with Gasteiger partial charge in [0.1, 0.15) is 17.8 Å². The number of amides is 3. The molecule has 13 heteroatoms. The van der Waals surface area contributed by atoms with E-state index in [1.807, 2.05) is 0 Å². The van der Waals surface area contributed by atoms with Crippen LogP contribution in [0.3, 0.4) is 0 Å². The van der Waals surface area contributed by atoms with E-state index in [0.717, 1.165) is 6.20 Å². The van der Waals surface area contributed by atoms with Crippen LogP contribution in [0, 0.1) is 24.5 Å². The van der Waals surface area contributed by atoms with Crippen LogP contribution in [0.1, 0.15) is 54.1 Å². The first-order valence-corrected chi connectivity index (χ1v) is 14.2. The molecule has 3 heterocycles. The lowest BCUT2D eigenvalue weighted by atomic mass is 9.95. The molecule has 0 spiro atoms. The molecule has 2 bridgehead atoms. The van der Waals surface area contributed by atoms with E-state index in [0.29, 0.717) is 41.9 Å². The van der Waals surface area contributed by atoms with Crippen molar-refractivity contribution in [3.63, 3.8) is 0 Å². The summed E-state index contributed by atoms with van der Waals surface area (Å²) < 4.78 is 36.1. The van der Waals surface area contributed by atoms with Crippen LogP contribution in [0.5, 0.6) is 0 Å². The number of imidazole rings is 1. The van der Waals surface area contributed by atoms with Crippen molar-refractivity contribution in [1.29, 1.82) is 0 Å². The lowest BCUT2D eigenvalue weighted by Gasteiger charge is -2.22. The summed E-state index contributed by atoms with van der Waals surface area (Å²) >= 11 is 5.95. The van der Waals surface area contributed by atoms with Crippen molar-refractivity contribution in [2.24, 2.45) is 5.92 Å². The number of hydrogen-bond acceptors (Lipinski definition) is 6. The van der Waals surface area contributed by atoms with Crippen LogP contribution in [0.15, 0.2) is 55.0 Å². The van der Waals surface area contributed by atoms with Gasteiger partial charge in [-0.2, -0.15) is 0 Å². The van der Waals surface area contributed by atoms with E-state index >= 15 is 4.39 Å². The minimum absolute atomic E-state index is 0.0616. The predicted octanol–water partition coefficient (Wildman–Crippen LogP) is 6.58. The number of benzene rings is 2. The van der Waals surface area contributed by atoms with E-state index in [-0.39, 0.29) is 33.6 Å². The van der Waals surface area contributed by atoms with E-state index < -0.39 is 35.6 Å². The average molecular weight is 623 g/mol. The highest BCUT2D eigenvalue weighted by atomic mass is 35.5. The van der Waals surface area contributed by atoms with E-state index in [4.69, 9.17) is 11.6 Å². The van der Waals surface area contributed by atoms with Crippen molar-refractivity contribution in [2.75, 3.05) is 17.7 Å². The van der Waals surface area contributed by atoms with E-state index in [2.05, 4.69) is 30.7 Å². The van der Waals surface area contributed by atoms with Crippen molar-refractivity contribution in [1.82, 2.24) is 19.9 Å². The van der Waals surface area contributed by atoms with Crippen molar-refractivity contribution in [3.8, 4) is 16.8 Å². The Morgan fingerprint density at radius 3 is 2.68 bits per heavy atom. The zero-order valence-electron chi connectivity index (χ0n) is 24.1. The molecule has 0 saturated heterocycles. The molecule has 0 saturated carbocycles. The summed E-state index contributed by atoms with van der Waals surface area (Å²) in [5, 5.41) is 8.29. The van der Waals surface area contributed by atoms with Gasteiger partial charge in [0, 0.05) is 22.7 Å². The van der Waals surface area contributed by atoms with Gasteiger partial charge in [0.05, 0.1) is 47.1 Å². The number of rotatable bonds is 4. The van der Waals surface area contributed by atoms with Gasteiger partial charge in [0.15, 0.2) is 5.82 Å². The van der Waals surface area contributed by atoms with Crippen molar-refractivity contribution in [3.05, 3.63) is 88.7 Å². The standard InChI is InChI=1S/C31H29ClF2N6O4/c1-16-6-4-8-23(38-30(42)28-17(2)40(15-36-28)26-9-5-7-21(32)27(26)34)25-13-20(22(33)14-35-25)19-11-10-18(37-31(43)44-3)12-24(19)39-29(16)41/h5,7,9-16,23H,4,6,8H2,1-3H3,(H,37,43)(H,38,42)(H,39,41). The molecule has 5 rings (SSSR count). The van der Waals surface area contributed by atoms with Crippen LogP contribution in [0.25, 0.3) is 16.8 Å². The first-order valence-electron chi connectivity index (χ1n) is 13.8. The lowest BCUT2D eigenvalue weighted by molar-refractivity contribution is -0.119. The number of methoxy groups -OCH3 is 1. The maximum atomic E-state index is 15.3. The minimum atomic E-state index is -0.702. The monoisotopic (exact) mass is 622 g/mol. The smallest absolute Gasteiger partial charge is 0.411 e. The van der Waals surface area contributed by atoms with Crippen LogP contribution < -0.4 is 16.0 Å². The molecule has 2 unspecified atom stereocenters. The number of carbonyl (C=O) groups excluding carboxylic acids is 3. The van der Waals surface area contributed by atoms with Gasteiger partial charge in [-0.25, -0.2) is 18.6 Å². The van der Waals surface area contributed by atoms with Crippen molar-refractivity contribution >= 4 is 40.9 Å². The third-order valence-corrected chi connectivity index (χ3v) is 7.82. The van der Waals surface area contributed by atoms with Gasteiger partial charge in [-0.1, -0.05) is 37.1 Å². The lowest BCUT2D eigenvalue weighted by Crippen LogP contribution is -2.30. The predicted molar refractivity (Wildman–Crippen MR) is 161 cm³/mol. The molecule has 0 radical (unpaired) electrons. The Morgan fingerprint density at radius 2 is 1.91 bits per heavy atom. The molecule has 1 aliphatic rings. The summed E-state index contributed by atoms with van der Waals surface area (Å²) in [4.78, 5) is 46.9. The molecular weight excluding hydrogens is 594 g/mol. The Hall–Kier alpha value is -4.84. The highest BCUT2D eigenvalue weighted by molar-refractivity contribution is 6.30. The third kappa shape index (κ3) is 6.25. The normalized spacial score (nSPS) is 16.5. The maximum absolute atomic E-state index is 15.3. The number of aromatic nitrogens is 3. The molecule has 4 aromatic rings. The van der Waals surface area contributed by atoms with Gasteiger partial charge in [-0.05, 0) is 50.1 Å². The SMILES string of the molecule is COC(=O)Nc1ccc2c(c1)NC(=O)C(C)CCCC(NC(=O)c1ncn(-c3cccc(Cl)c3F)c1C)c1cc-2c(F)cn1. The van der Waals surface area contributed by atoms with Gasteiger partial charge in [-0.3, -0.25) is 24.5 Å². The molecular formula is C31H29ClF2N6O4. The molecule has 3 amide bonds. The Labute approximate surface area is 256 Å². The van der Waals surface area contributed by atoms with E-state index in [1.54, 1.807) is 32.0 Å². The molecule has 0 aliphatic carbocycles. The van der Waals surface area contributed by atoms with Crippen LogP contribution in [0.2, 0.25) is 5.02 Å². The molecule has 2 atom stereocenters. The summed E-state index contributed by atoms with van der Waals surface area (Å²) in [6, 6.07) is 10.0. The number of ether oxygens (including phenoxy) is 1. The average Bonchev–Trinajstić information content (AvgIpc) is 3.38. The number of nitrogens with zero attached hydrogens (tertiary/aromatic N) is 3. The zero-order valence-corrected chi connectivity index (χ0v) is 24.8. The van der Waals surface area contributed by atoms with Crippen molar-refractivity contribution < 1.29 is 27.9 Å². The van der Waals surface area contributed by atoms with E-state index in [9.17, 15) is 18.8 Å². The minimum Gasteiger partial charge on any atom is -0.453 e. The number of nitrogens with one attached hydrogen (secondary N) is 3. The largest absolute Gasteiger partial charge is 0.453 e. The Kier molecular flexibility index (Phi) is 8.91. The zero-order chi connectivity index (χ0) is 31.5. The highest BCUT2D eigenvalue weighted by Crippen LogP contribution is 2.35. The summed E-state index contributed by atoms with van der Waals surface area (Å²) in [5.41, 5.74) is 2.11. The number of pyridine rings is 1. The fourth-order valence-corrected chi connectivity index (χ4v) is 5.24. The molecule has 0 fully saturated rings. The topological polar surface area (TPSA) is 127 Å². The summed E-state index contributed by atoms with van der Waals surface area (Å²) in [6.45, 7) is 3.41. The molecule has 3 N–H and O–H groups in total. The first kappa shape index (κ1) is 30.6. The van der Waals surface area contributed by atoms with Crippen LogP contribution >= 0.6 is 11.6 Å². The Morgan fingerprint density at radius 1 is 1.11 bits per heavy atom. The van der Waals surface area contributed by atoms with Crippen molar-refractivity contribution in [2.45, 2.75) is 39.2 Å². The molecule has 228 valence electrons. The van der Waals surface area contributed by atoms with Crippen LogP contribution in [-0.2, 0) is 9.53 Å². The second-order valence-electron chi connectivity index (χ2n) is 10.4. The molecule has 1 aliphatic heterocycles. The number of anilines is 2. The van der Waals surface area contributed by atoms with Gasteiger partial charge < -0.3 is 15.4 Å². The summed E-state index contributed by atoms with van der Waals surface area (Å²) in [7, 11) is 1.22. The summed E-state index contributed by atoms with van der Waals surface area (Å²) in [5.74, 6) is -2.52. The van der Waals surface area contributed by atoms with Gasteiger partial charge >= 0.3 is 6.09 Å². The second kappa shape index (κ2) is 12.8. The van der Waals surface area contributed by atoms with Gasteiger partial charge in [0.25, 0.3) is 5.91 Å². The Bertz CT molecular complexity index is 1760. The first-order chi connectivity index (χ1) is 21.1. The maximum Gasteiger partial charge on any atom is 0.411 e. The fourth-order valence-electron chi connectivity index (χ4n) is 5.07. The van der Waals surface area contributed by atoms with E-state index in [1.165, 1.54) is 42.3 Å². The molecule has 10 nitrogen and oxygen atoms in total. The number of fused-ring (bicyclic) bond motifs is 4. The Balaban J connectivity index is 1.51. The number of hydrogen-bond donors (Lipinski definition) is 3. The van der Waals surface area contributed by atoms with Crippen LogP contribution in [-0.4, -0.2) is 39.6 Å². The summed E-state index contributed by atoms with van der Waals surface area (Å²) in [6.07, 6.45) is 3.13. The molecule has 2 aromatic heterocycles. The fraction of sp³-hybridized carbons (Fsp3) is 0.258. The third-order valence-electron chi connectivity index (χ3n) is 7.53.